The maximum absolute atomic E-state index is 12.6. The number of carbonyl (C=O) groups excluding carboxylic acids is 1. The number of hydrogen-bond donors (Lipinski definition) is 1. The van der Waals surface area contributed by atoms with E-state index in [-0.39, 0.29) is 5.91 Å². The van der Waals surface area contributed by atoms with Crippen LogP contribution in [0, 0.1) is 13.8 Å². The van der Waals surface area contributed by atoms with Gasteiger partial charge in [-0.05, 0) is 73.5 Å². The van der Waals surface area contributed by atoms with Crippen molar-refractivity contribution in [3.8, 4) is 22.8 Å². The highest BCUT2D eigenvalue weighted by Gasteiger charge is 2.14. The molecule has 3 aromatic heterocycles. The van der Waals surface area contributed by atoms with Gasteiger partial charge >= 0.3 is 0 Å². The summed E-state index contributed by atoms with van der Waals surface area (Å²) in [4.78, 5) is 21.2. The molecule has 5 rings (SSSR count). The Hall–Kier alpha value is -4.16. The monoisotopic (exact) mass is 469 g/mol. The minimum absolute atomic E-state index is 0.282. The van der Waals surface area contributed by atoms with E-state index in [1.54, 1.807) is 24.4 Å². The average Bonchev–Trinajstić information content (AvgIpc) is 3.48. The SMILES string of the molecule is Cc1ccc(-c2ccc(/C=C/C(=O)Nc3cccc(-c4nc5ncccc5o4)c3C)o2)cc1Cl. The van der Waals surface area contributed by atoms with Gasteiger partial charge in [-0.1, -0.05) is 29.8 Å². The van der Waals surface area contributed by atoms with Gasteiger partial charge in [0.1, 0.15) is 11.5 Å². The van der Waals surface area contributed by atoms with E-state index in [1.165, 1.54) is 6.08 Å². The van der Waals surface area contributed by atoms with Crippen LogP contribution in [0.5, 0.6) is 0 Å². The van der Waals surface area contributed by atoms with Crippen LogP contribution < -0.4 is 5.32 Å². The van der Waals surface area contributed by atoms with Crippen LogP contribution in [-0.2, 0) is 4.79 Å². The minimum atomic E-state index is -0.282. The molecule has 0 aliphatic rings. The van der Waals surface area contributed by atoms with Gasteiger partial charge in [0.05, 0.1) is 0 Å². The van der Waals surface area contributed by atoms with E-state index in [0.717, 1.165) is 22.3 Å². The number of hydrogen-bond acceptors (Lipinski definition) is 5. The lowest BCUT2D eigenvalue weighted by Crippen LogP contribution is -2.09. The molecular formula is C27H20ClN3O3. The molecule has 168 valence electrons. The van der Waals surface area contributed by atoms with Crippen molar-refractivity contribution in [2.24, 2.45) is 0 Å². The van der Waals surface area contributed by atoms with Crippen molar-refractivity contribution >= 4 is 40.5 Å². The Bertz CT molecular complexity index is 1520. The van der Waals surface area contributed by atoms with E-state index in [2.05, 4.69) is 15.3 Å². The summed E-state index contributed by atoms with van der Waals surface area (Å²) >= 11 is 6.21. The number of nitrogens with zero attached hydrogens (tertiary/aromatic N) is 2. The molecule has 3 heterocycles. The first kappa shape index (κ1) is 21.7. The minimum Gasteiger partial charge on any atom is -0.457 e. The first-order valence-electron chi connectivity index (χ1n) is 10.6. The largest absolute Gasteiger partial charge is 0.457 e. The molecule has 0 bridgehead atoms. The van der Waals surface area contributed by atoms with Crippen LogP contribution in [0.4, 0.5) is 5.69 Å². The van der Waals surface area contributed by atoms with Crippen LogP contribution >= 0.6 is 11.6 Å². The van der Waals surface area contributed by atoms with E-state index in [4.69, 9.17) is 20.4 Å². The molecule has 0 saturated carbocycles. The summed E-state index contributed by atoms with van der Waals surface area (Å²) in [6, 6.07) is 18.6. The molecule has 34 heavy (non-hydrogen) atoms. The summed E-state index contributed by atoms with van der Waals surface area (Å²) in [7, 11) is 0. The third-order valence-electron chi connectivity index (χ3n) is 5.47. The Kier molecular flexibility index (Phi) is 5.74. The van der Waals surface area contributed by atoms with Gasteiger partial charge in [-0.25, -0.2) is 4.98 Å². The normalized spacial score (nSPS) is 11.4. The Morgan fingerprint density at radius 1 is 1.03 bits per heavy atom. The second-order valence-electron chi connectivity index (χ2n) is 7.81. The van der Waals surface area contributed by atoms with Crippen molar-refractivity contribution in [3.05, 3.63) is 94.8 Å². The van der Waals surface area contributed by atoms with Gasteiger partial charge in [0.25, 0.3) is 0 Å². The smallest absolute Gasteiger partial charge is 0.248 e. The van der Waals surface area contributed by atoms with Gasteiger partial charge < -0.3 is 14.2 Å². The second kappa shape index (κ2) is 9.00. The Morgan fingerprint density at radius 3 is 2.74 bits per heavy atom. The standard InChI is InChI=1S/C27H20ClN3O3/c1-16-8-9-18(15-21(16)28)23-12-10-19(33-23)11-13-25(32)30-22-6-3-5-20(17(22)2)27-31-26-24(34-27)7-4-14-29-26/h3-15H,1-2H3,(H,30,32)/b13-11+. The highest BCUT2D eigenvalue weighted by Crippen LogP contribution is 2.30. The van der Waals surface area contributed by atoms with Crippen molar-refractivity contribution in [3.63, 3.8) is 0 Å². The molecule has 0 aliphatic carbocycles. The van der Waals surface area contributed by atoms with Gasteiger partial charge in [0.15, 0.2) is 11.2 Å². The number of benzene rings is 2. The van der Waals surface area contributed by atoms with E-state index in [1.807, 2.05) is 62.4 Å². The Balaban J connectivity index is 1.32. The fraction of sp³-hybridized carbons (Fsp3) is 0.0741. The molecule has 0 atom stereocenters. The average molecular weight is 470 g/mol. The summed E-state index contributed by atoms with van der Waals surface area (Å²) in [6.07, 6.45) is 4.73. The number of aryl methyl sites for hydroxylation is 1. The number of aromatic nitrogens is 2. The number of fused-ring (bicyclic) bond motifs is 1. The number of halogens is 1. The van der Waals surface area contributed by atoms with E-state index in [9.17, 15) is 4.79 Å². The van der Waals surface area contributed by atoms with Gasteiger partial charge in [0, 0.05) is 34.1 Å². The molecule has 0 aliphatic heterocycles. The number of pyridine rings is 1. The molecule has 1 N–H and O–H groups in total. The van der Waals surface area contributed by atoms with Crippen LogP contribution in [-0.4, -0.2) is 15.9 Å². The van der Waals surface area contributed by atoms with Crippen LogP contribution in [0.1, 0.15) is 16.9 Å². The van der Waals surface area contributed by atoms with E-state index < -0.39 is 0 Å². The first-order valence-corrected chi connectivity index (χ1v) is 11.0. The van der Waals surface area contributed by atoms with E-state index >= 15 is 0 Å². The zero-order chi connectivity index (χ0) is 23.7. The highest BCUT2D eigenvalue weighted by atomic mass is 35.5. The van der Waals surface area contributed by atoms with Gasteiger partial charge in [0.2, 0.25) is 11.8 Å². The van der Waals surface area contributed by atoms with Gasteiger partial charge in [-0.15, -0.1) is 0 Å². The molecule has 0 spiro atoms. The number of amides is 1. The maximum Gasteiger partial charge on any atom is 0.248 e. The van der Waals surface area contributed by atoms with Crippen molar-refractivity contribution < 1.29 is 13.6 Å². The molecule has 6 nitrogen and oxygen atoms in total. The van der Waals surface area contributed by atoms with Crippen LogP contribution in [0.2, 0.25) is 5.02 Å². The lowest BCUT2D eigenvalue weighted by molar-refractivity contribution is -0.111. The number of nitrogens with one attached hydrogen (secondary N) is 1. The van der Waals surface area contributed by atoms with Crippen molar-refractivity contribution in [1.82, 2.24) is 9.97 Å². The molecule has 0 radical (unpaired) electrons. The lowest BCUT2D eigenvalue weighted by Gasteiger charge is -2.09. The van der Waals surface area contributed by atoms with Crippen LogP contribution in [0.3, 0.4) is 0 Å². The molecular weight excluding hydrogens is 450 g/mol. The zero-order valence-electron chi connectivity index (χ0n) is 18.5. The number of oxazole rings is 1. The summed E-state index contributed by atoms with van der Waals surface area (Å²) in [6.45, 7) is 3.85. The van der Waals surface area contributed by atoms with Crippen molar-refractivity contribution in [1.29, 1.82) is 0 Å². The third-order valence-corrected chi connectivity index (χ3v) is 5.88. The van der Waals surface area contributed by atoms with Gasteiger partial charge in [-0.3, -0.25) is 4.79 Å². The number of anilines is 1. The summed E-state index contributed by atoms with van der Waals surface area (Å²) in [5.74, 6) is 1.41. The third kappa shape index (κ3) is 4.36. The molecule has 2 aromatic carbocycles. The first-order chi connectivity index (χ1) is 16.5. The Morgan fingerprint density at radius 2 is 1.91 bits per heavy atom. The summed E-state index contributed by atoms with van der Waals surface area (Å²) in [5, 5.41) is 3.58. The van der Waals surface area contributed by atoms with Gasteiger partial charge in [-0.2, -0.15) is 4.98 Å². The zero-order valence-corrected chi connectivity index (χ0v) is 19.3. The predicted molar refractivity (Wildman–Crippen MR) is 134 cm³/mol. The lowest BCUT2D eigenvalue weighted by atomic mass is 10.1. The molecule has 0 unspecified atom stereocenters. The molecule has 0 fully saturated rings. The van der Waals surface area contributed by atoms with Crippen molar-refractivity contribution in [2.45, 2.75) is 13.8 Å². The van der Waals surface area contributed by atoms with Crippen LogP contribution in [0.25, 0.3) is 40.1 Å². The molecule has 7 heteroatoms. The topological polar surface area (TPSA) is 81.2 Å². The maximum atomic E-state index is 12.6. The Labute approximate surface area is 200 Å². The number of rotatable bonds is 5. The predicted octanol–water partition coefficient (Wildman–Crippen LogP) is 7.07. The van der Waals surface area contributed by atoms with E-state index in [0.29, 0.717) is 39.4 Å². The fourth-order valence-electron chi connectivity index (χ4n) is 3.56. The molecule has 5 aromatic rings. The summed E-state index contributed by atoms with van der Waals surface area (Å²) < 4.78 is 11.7. The second-order valence-corrected chi connectivity index (χ2v) is 8.22. The fourth-order valence-corrected chi connectivity index (χ4v) is 3.74. The molecule has 1 amide bonds. The quantitative estimate of drug-likeness (QED) is 0.278. The van der Waals surface area contributed by atoms with Crippen LogP contribution in [0.15, 0.2) is 81.8 Å². The summed E-state index contributed by atoms with van der Waals surface area (Å²) in [5.41, 5.74) is 5.32. The number of furan rings is 1. The number of carbonyl (C=O) groups is 1. The molecule has 0 saturated heterocycles. The highest BCUT2D eigenvalue weighted by molar-refractivity contribution is 6.31. The van der Waals surface area contributed by atoms with Crippen molar-refractivity contribution in [2.75, 3.05) is 5.32 Å².